The van der Waals surface area contributed by atoms with Gasteiger partial charge in [0, 0.05) is 12.1 Å². The second-order valence-electron chi connectivity index (χ2n) is 3.13. The van der Waals surface area contributed by atoms with Crippen molar-refractivity contribution in [2.75, 3.05) is 5.73 Å². The summed E-state index contributed by atoms with van der Waals surface area (Å²) in [5, 5.41) is 9.04. The van der Waals surface area contributed by atoms with Crippen molar-refractivity contribution in [3.05, 3.63) is 41.9 Å². The molecule has 0 aliphatic rings. The Kier molecular flexibility index (Phi) is 2.10. The standard InChI is InChI=1S/C10H11N3O/c11-8-3-1-7(2-4-8)5-9-12-6-10(14)13-9/h1-4,6,14H,5,11H2,(H,12,13). The quantitative estimate of drug-likeness (QED) is 0.623. The Morgan fingerprint density at radius 3 is 2.57 bits per heavy atom. The number of aromatic hydroxyl groups is 1. The van der Waals surface area contributed by atoms with Crippen molar-refractivity contribution in [2.45, 2.75) is 6.42 Å². The van der Waals surface area contributed by atoms with Crippen LogP contribution in [0.15, 0.2) is 30.5 Å². The molecular formula is C10H11N3O. The van der Waals surface area contributed by atoms with Crippen molar-refractivity contribution < 1.29 is 5.11 Å². The zero-order valence-electron chi connectivity index (χ0n) is 7.57. The van der Waals surface area contributed by atoms with Crippen LogP contribution in [0.5, 0.6) is 5.88 Å². The number of nitrogens with one attached hydrogen (secondary N) is 1. The summed E-state index contributed by atoms with van der Waals surface area (Å²) in [4.78, 5) is 6.75. The molecule has 0 saturated carbocycles. The normalized spacial score (nSPS) is 10.3. The van der Waals surface area contributed by atoms with Crippen molar-refractivity contribution in [1.29, 1.82) is 0 Å². The van der Waals surface area contributed by atoms with Crippen LogP contribution in [-0.2, 0) is 6.42 Å². The molecule has 2 aromatic rings. The number of aromatic amines is 1. The molecule has 0 unspecified atom stereocenters. The van der Waals surface area contributed by atoms with Gasteiger partial charge in [0.1, 0.15) is 5.82 Å². The molecule has 0 saturated heterocycles. The summed E-state index contributed by atoms with van der Waals surface area (Å²) < 4.78 is 0. The number of nitrogens with zero attached hydrogens (tertiary/aromatic N) is 1. The first kappa shape index (κ1) is 8.62. The number of H-pyrrole nitrogens is 1. The molecule has 0 bridgehead atoms. The van der Waals surface area contributed by atoms with Gasteiger partial charge >= 0.3 is 0 Å². The highest BCUT2D eigenvalue weighted by atomic mass is 16.3. The molecule has 4 nitrogen and oxygen atoms in total. The van der Waals surface area contributed by atoms with Gasteiger partial charge in [-0.25, -0.2) is 4.98 Å². The summed E-state index contributed by atoms with van der Waals surface area (Å²) in [6, 6.07) is 7.57. The number of nitrogens with two attached hydrogens (primary N) is 1. The van der Waals surface area contributed by atoms with E-state index in [0.29, 0.717) is 6.42 Å². The van der Waals surface area contributed by atoms with Crippen molar-refractivity contribution in [3.8, 4) is 5.88 Å². The summed E-state index contributed by atoms with van der Waals surface area (Å²) in [5.41, 5.74) is 7.41. The molecule has 14 heavy (non-hydrogen) atoms. The summed E-state index contributed by atoms with van der Waals surface area (Å²) >= 11 is 0. The lowest BCUT2D eigenvalue weighted by atomic mass is 10.1. The van der Waals surface area contributed by atoms with Crippen molar-refractivity contribution in [2.24, 2.45) is 0 Å². The van der Waals surface area contributed by atoms with E-state index >= 15 is 0 Å². The zero-order valence-corrected chi connectivity index (χ0v) is 7.57. The van der Waals surface area contributed by atoms with Gasteiger partial charge in [-0.1, -0.05) is 12.1 Å². The average molecular weight is 189 g/mol. The number of benzene rings is 1. The number of hydrogen-bond acceptors (Lipinski definition) is 3. The molecule has 72 valence electrons. The molecule has 0 fully saturated rings. The van der Waals surface area contributed by atoms with Crippen LogP contribution in [0.3, 0.4) is 0 Å². The van der Waals surface area contributed by atoms with Crippen LogP contribution in [0, 0.1) is 0 Å². The molecule has 0 aliphatic heterocycles. The summed E-state index contributed by atoms with van der Waals surface area (Å²) in [5.74, 6) is 0.836. The summed E-state index contributed by atoms with van der Waals surface area (Å²) in [7, 11) is 0. The first-order chi connectivity index (χ1) is 6.74. The minimum absolute atomic E-state index is 0.0930. The van der Waals surface area contributed by atoms with Gasteiger partial charge in [0.25, 0.3) is 0 Å². The van der Waals surface area contributed by atoms with E-state index in [-0.39, 0.29) is 5.88 Å². The highest BCUT2D eigenvalue weighted by Gasteiger charge is 2.00. The fourth-order valence-corrected chi connectivity index (χ4v) is 1.27. The molecule has 1 heterocycles. The summed E-state index contributed by atoms with van der Waals surface area (Å²) in [6.07, 6.45) is 2.06. The van der Waals surface area contributed by atoms with E-state index in [2.05, 4.69) is 9.97 Å². The molecule has 4 heteroatoms. The van der Waals surface area contributed by atoms with Crippen LogP contribution in [-0.4, -0.2) is 15.1 Å². The van der Waals surface area contributed by atoms with Gasteiger partial charge in [-0.15, -0.1) is 0 Å². The number of imidazole rings is 1. The van der Waals surface area contributed by atoms with Crippen LogP contribution in [0.4, 0.5) is 5.69 Å². The molecule has 2 rings (SSSR count). The van der Waals surface area contributed by atoms with Crippen LogP contribution in [0.1, 0.15) is 11.4 Å². The molecule has 1 aromatic heterocycles. The third-order valence-electron chi connectivity index (χ3n) is 1.97. The Bertz CT molecular complexity index is 419. The third-order valence-corrected chi connectivity index (χ3v) is 1.97. The predicted octanol–water partition coefficient (Wildman–Crippen LogP) is 1.29. The Hall–Kier alpha value is -1.97. The first-order valence-electron chi connectivity index (χ1n) is 4.31. The van der Waals surface area contributed by atoms with E-state index in [1.54, 1.807) is 0 Å². The number of hydrogen-bond donors (Lipinski definition) is 3. The van der Waals surface area contributed by atoms with E-state index in [9.17, 15) is 0 Å². The smallest absolute Gasteiger partial charge is 0.208 e. The first-order valence-corrected chi connectivity index (χ1v) is 4.31. The maximum atomic E-state index is 9.04. The minimum atomic E-state index is 0.0930. The van der Waals surface area contributed by atoms with Crippen molar-refractivity contribution in [1.82, 2.24) is 9.97 Å². The predicted molar refractivity (Wildman–Crippen MR) is 53.9 cm³/mol. The van der Waals surface area contributed by atoms with E-state index in [1.165, 1.54) is 6.20 Å². The van der Waals surface area contributed by atoms with Gasteiger partial charge in [0.2, 0.25) is 5.88 Å². The van der Waals surface area contributed by atoms with Gasteiger partial charge in [-0.05, 0) is 17.7 Å². The number of rotatable bonds is 2. The maximum absolute atomic E-state index is 9.04. The highest BCUT2D eigenvalue weighted by Crippen LogP contribution is 2.11. The lowest BCUT2D eigenvalue weighted by Gasteiger charge is -1.98. The Morgan fingerprint density at radius 2 is 2.00 bits per heavy atom. The van der Waals surface area contributed by atoms with Gasteiger partial charge in [0.05, 0.1) is 6.20 Å². The molecule has 1 aromatic carbocycles. The molecular weight excluding hydrogens is 178 g/mol. The molecule has 0 atom stereocenters. The Morgan fingerprint density at radius 1 is 1.29 bits per heavy atom. The van der Waals surface area contributed by atoms with Gasteiger partial charge in [-0.2, -0.15) is 0 Å². The fraction of sp³-hybridized carbons (Fsp3) is 0.100. The van der Waals surface area contributed by atoms with E-state index in [1.807, 2.05) is 24.3 Å². The maximum Gasteiger partial charge on any atom is 0.208 e. The third kappa shape index (κ3) is 1.85. The number of anilines is 1. The lowest BCUT2D eigenvalue weighted by molar-refractivity contribution is 0.455. The van der Waals surface area contributed by atoms with Crippen LogP contribution < -0.4 is 5.73 Å². The van der Waals surface area contributed by atoms with Crippen LogP contribution in [0.25, 0.3) is 0 Å². The van der Waals surface area contributed by atoms with Crippen LogP contribution >= 0.6 is 0 Å². The minimum Gasteiger partial charge on any atom is -0.493 e. The molecule has 0 amide bonds. The SMILES string of the molecule is Nc1ccc(Cc2ncc(O)[nH]2)cc1. The molecule has 0 aliphatic carbocycles. The van der Waals surface area contributed by atoms with E-state index in [0.717, 1.165) is 17.1 Å². The topological polar surface area (TPSA) is 74.9 Å². The largest absolute Gasteiger partial charge is 0.493 e. The van der Waals surface area contributed by atoms with Gasteiger partial charge in [-0.3, -0.25) is 0 Å². The summed E-state index contributed by atoms with van der Waals surface area (Å²) in [6.45, 7) is 0. The Balaban J connectivity index is 2.15. The van der Waals surface area contributed by atoms with Crippen LogP contribution in [0.2, 0.25) is 0 Å². The second-order valence-corrected chi connectivity index (χ2v) is 3.13. The Labute approximate surface area is 81.4 Å². The number of aromatic nitrogens is 2. The highest BCUT2D eigenvalue weighted by molar-refractivity contribution is 5.39. The zero-order chi connectivity index (χ0) is 9.97. The number of nitrogen functional groups attached to an aromatic ring is 1. The fourth-order valence-electron chi connectivity index (χ4n) is 1.27. The van der Waals surface area contributed by atoms with Gasteiger partial charge in [0.15, 0.2) is 0 Å². The van der Waals surface area contributed by atoms with Crippen molar-refractivity contribution in [3.63, 3.8) is 0 Å². The van der Waals surface area contributed by atoms with Gasteiger partial charge < -0.3 is 15.8 Å². The monoisotopic (exact) mass is 189 g/mol. The average Bonchev–Trinajstić information content (AvgIpc) is 2.56. The lowest BCUT2D eigenvalue weighted by Crippen LogP contribution is -1.91. The molecule has 4 N–H and O–H groups in total. The van der Waals surface area contributed by atoms with E-state index in [4.69, 9.17) is 10.8 Å². The van der Waals surface area contributed by atoms with E-state index < -0.39 is 0 Å². The second kappa shape index (κ2) is 3.41. The molecule has 0 spiro atoms. The molecule has 0 radical (unpaired) electrons. The van der Waals surface area contributed by atoms with Crippen molar-refractivity contribution >= 4 is 5.69 Å².